The molecule has 5 heteroatoms. The zero-order valence-electron chi connectivity index (χ0n) is 2.67. The summed E-state index contributed by atoms with van der Waals surface area (Å²) in [4.78, 5) is 0. The van der Waals surface area contributed by atoms with E-state index in [0.29, 0.717) is 0 Å². The summed E-state index contributed by atoms with van der Waals surface area (Å²) in [6.45, 7) is 0. The molecule has 5 heavy (non-hydrogen) atoms. The summed E-state index contributed by atoms with van der Waals surface area (Å²) in [6.07, 6.45) is 0. The smallest absolute Gasteiger partial charge is 2.00 e. The van der Waals surface area contributed by atoms with E-state index in [1.807, 2.05) is 0 Å². The monoisotopic (exact) mass is 154 g/mol. The van der Waals surface area contributed by atoms with E-state index in [1.54, 1.807) is 0 Å². The molecule has 0 amide bonds. The fraction of sp³-hybridized carbons (Fsp3) is 0. The molecule has 0 aromatic heterocycles. The van der Waals surface area contributed by atoms with Crippen LogP contribution in [-0.2, 0) is 59.0 Å². The van der Waals surface area contributed by atoms with Crippen LogP contribution in [0.4, 0.5) is 0 Å². The van der Waals surface area contributed by atoms with Gasteiger partial charge in [-0.1, -0.05) is 0 Å². The summed E-state index contributed by atoms with van der Waals surface area (Å²) in [7, 11) is 0. The Kier molecular flexibility index (Phi) is 386. The van der Waals surface area contributed by atoms with Crippen molar-refractivity contribution in [2.75, 3.05) is 0 Å². The van der Waals surface area contributed by atoms with Crippen LogP contribution in [0.5, 0.6) is 0 Å². The van der Waals surface area contributed by atoms with E-state index in [0.717, 1.165) is 0 Å². The Hall–Kier alpha value is 2.23. The molecule has 0 fully saturated rings. The molecule has 0 aromatic carbocycles. The van der Waals surface area contributed by atoms with Crippen LogP contribution in [0, 0.1) is 0 Å². The van der Waals surface area contributed by atoms with E-state index in [-0.39, 0.29) is 77.9 Å². The molecule has 0 N–H and O–H groups in total. The Bertz CT molecular complexity index is 6.85. The summed E-state index contributed by atoms with van der Waals surface area (Å²) < 4.78 is 0. The third-order valence-corrected chi connectivity index (χ3v) is 0. The summed E-state index contributed by atoms with van der Waals surface area (Å²) in [5.41, 5.74) is 0. The van der Waals surface area contributed by atoms with Crippen LogP contribution >= 0.6 is 0 Å². The van der Waals surface area contributed by atoms with Crippen LogP contribution in [0.3, 0.4) is 0 Å². The number of hydrogen-bond donors (Lipinski definition) is 0. The van der Waals surface area contributed by atoms with E-state index in [4.69, 9.17) is 0 Å². The summed E-state index contributed by atoms with van der Waals surface area (Å²) in [5, 5.41) is 0. The maximum Gasteiger partial charge on any atom is 5.00 e. The molecular formula is LiS3V. The zero-order valence-corrected chi connectivity index (χ0v) is 6.52. The van der Waals surface area contributed by atoms with Crippen LogP contribution in [0.1, 0.15) is 0 Å². The van der Waals surface area contributed by atoms with Gasteiger partial charge in [-0.2, -0.15) is 0 Å². The van der Waals surface area contributed by atoms with Crippen molar-refractivity contribution in [3.8, 4) is 0 Å². The Morgan fingerprint density at radius 2 is 0.600 bits per heavy atom. The van der Waals surface area contributed by atoms with Gasteiger partial charge in [-0.05, 0) is 0 Å². The van der Waals surface area contributed by atoms with E-state index in [2.05, 4.69) is 0 Å². The molecule has 0 heterocycles. The van der Waals surface area contributed by atoms with Crippen molar-refractivity contribution in [2.24, 2.45) is 0 Å². The molecule has 0 aliphatic carbocycles. The van der Waals surface area contributed by atoms with Gasteiger partial charge in [0.1, 0.15) is 0 Å². The molecular weight excluding hydrogens is 154 g/mol. The Morgan fingerprint density at radius 1 is 0.600 bits per heavy atom. The summed E-state index contributed by atoms with van der Waals surface area (Å²) >= 11 is 0. The predicted molar refractivity (Wildman–Crippen MR) is 22.1 cm³/mol. The molecule has 0 aliphatic heterocycles. The molecule has 0 aliphatic rings. The molecule has 0 bridgehead atoms. The van der Waals surface area contributed by atoms with Crippen LogP contribution in [-0.4, -0.2) is 0 Å². The van der Waals surface area contributed by atoms with E-state index < -0.39 is 0 Å². The Labute approximate surface area is 77.3 Å². The third kappa shape index (κ3) is 22.4. The first kappa shape index (κ1) is 56.4. The van der Waals surface area contributed by atoms with Crippen molar-refractivity contribution in [3.05, 3.63) is 0 Å². The van der Waals surface area contributed by atoms with Gasteiger partial charge in [0.25, 0.3) is 0 Å². The number of rotatable bonds is 0. The quantitative estimate of drug-likeness (QED) is 0.326. The predicted octanol–water partition coefficient (Wildman–Crippen LogP) is -3.01. The van der Waals surface area contributed by atoms with Gasteiger partial charge in [-0.15, -0.1) is 0 Å². The first-order valence-electron chi connectivity index (χ1n) is 0. The molecule has 0 spiro atoms. The molecule has 0 rings (SSSR count). The molecule has 0 saturated heterocycles. The van der Waals surface area contributed by atoms with E-state index in [1.165, 1.54) is 0 Å². The molecule has 24 valence electrons. The summed E-state index contributed by atoms with van der Waals surface area (Å²) in [5.74, 6) is 0. The first-order valence-corrected chi connectivity index (χ1v) is 0. The van der Waals surface area contributed by atoms with Gasteiger partial charge in [0.05, 0.1) is 0 Å². The average molecular weight is 154 g/mol. The van der Waals surface area contributed by atoms with Gasteiger partial charge in [0.15, 0.2) is 0 Å². The third-order valence-electron chi connectivity index (χ3n) is 0. The zero-order chi connectivity index (χ0) is 0. The number of hydrogen-bond acceptors (Lipinski definition) is 0. The van der Waals surface area contributed by atoms with Crippen molar-refractivity contribution >= 4 is 40.5 Å². The maximum atomic E-state index is 0. The second-order valence-electron chi connectivity index (χ2n) is 0. The van der Waals surface area contributed by atoms with E-state index >= 15 is 0 Å². The average Bonchev–Trinajstić information content (AvgIpc) is 0. The largest absolute Gasteiger partial charge is 5.00 e. The minimum Gasteiger partial charge on any atom is -2.00 e. The standard InChI is InChI=1S/Li.3S.V/q+1;3*-2;+5. The van der Waals surface area contributed by atoms with E-state index in [9.17, 15) is 0 Å². The van der Waals surface area contributed by atoms with Crippen molar-refractivity contribution in [1.82, 2.24) is 0 Å². The van der Waals surface area contributed by atoms with Gasteiger partial charge < -0.3 is 40.5 Å². The van der Waals surface area contributed by atoms with Crippen molar-refractivity contribution < 1.29 is 37.4 Å². The van der Waals surface area contributed by atoms with Gasteiger partial charge >= 0.3 is 37.4 Å². The van der Waals surface area contributed by atoms with Crippen LogP contribution in [0.15, 0.2) is 0 Å². The molecule has 0 radical (unpaired) electrons. The second kappa shape index (κ2) is 34.2. The topological polar surface area (TPSA) is 0 Å². The normalized spacial score (nSPS) is 0. The molecule has 0 unspecified atom stereocenters. The Morgan fingerprint density at radius 3 is 0.600 bits per heavy atom. The fourth-order valence-corrected chi connectivity index (χ4v) is 0. The van der Waals surface area contributed by atoms with Crippen molar-refractivity contribution in [1.29, 1.82) is 0 Å². The first-order chi connectivity index (χ1) is 0. The second-order valence-corrected chi connectivity index (χ2v) is 0. The fourth-order valence-electron chi connectivity index (χ4n) is 0. The molecule has 0 atom stereocenters. The van der Waals surface area contributed by atoms with Crippen molar-refractivity contribution in [3.63, 3.8) is 0 Å². The van der Waals surface area contributed by atoms with Gasteiger partial charge in [0, 0.05) is 0 Å². The maximum absolute atomic E-state index is 0. The summed E-state index contributed by atoms with van der Waals surface area (Å²) in [6, 6.07) is 0. The van der Waals surface area contributed by atoms with Gasteiger partial charge in [-0.3, -0.25) is 0 Å². The minimum absolute atomic E-state index is 0. The van der Waals surface area contributed by atoms with Crippen LogP contribution in [0.25, 0.3) is 0 Å². The van der Waals surface area contributed by atoms with Gasteiger partial charge in [0.2, 0.25) is 0 Å². The molecule has 0 saturated carbocycles. The Balaban J connectivity index is 0. The van der Waals surface area contributed by atoms with Crippen LogP contribution < -0.4 is 18.9 Å². The molecule has 0 aromatic rings. The van der Waals surface area contributed by atoms with Crippen LogP contribution in [0.2, 0.25) is 0 Å². The van der Waals surface area contributed by atoms with Gasteiger partial charge in [-0.25, -0.2) is 0 Å². The SMILES string of the molecule is [Li+].[S-2].[S-2].[S-2].[V+5]. The van der Waals surface area contributed by atoms with Crippen molar-refractivity contribution in [2.45, 2.75) is 0 Å². The molecule has 0 nitrogen and oxygen atoms in total. The minimum atomic E-state index is 0.